The molecule has 0 radical (unpaired) electrons. The summed E-state index contributed by atoms with van der Waals surface area (Å²) in [5, 5.41) is 11.7. The van der Waals surface area contributed by atoms with Crippen molar-refractivity contribution in [2.75, 3.05) is 7.05 Å². The quantitative estimate of drug-likeness (QED) is 0.737. The van der Waals surface area contributed by atoms with Gasteiger partial charge in [-0.15, -0.1) is 0 Å². The van der Waals surface area contributed by atoms with Gasteiger partial charge in [-0.05, 0) is 37.2 Å². The smallest absolute Gasteiger partial charge is 0.335 e. The summed E-state index contributed by atoms with van der Waals surface area (Å²) in [5.74, 6) is -0.877. The Bertz CT molecular complexity index is 321. The number of nitrogens with one attached hydrogen (secondary N) is 1. The van der Waals surface area contributed by atoms with Gasteiger partial charge in [-0.3, -0.25) is 0 Å². The Hall–Kier alpha value is -1.35. The zero-order valence-electron chi connectivity index (χ0n) is 7.79. The third kappa shape index (κ3) is 2.29. The third-order valence-corrected chi connectivity index (χ3v) is 1.96. The van der Waals surface area contributed by atoms with Gasteiger partial charge >= 0.3 is 5.97 Å². The van der Waals surface area contributed by atoms with Crippen LogP contribution in [0, 0.1) is 6.92 Å². The van der Waals surface area contributed by atoms with Crippen LogP contribution in [-0.2, 0) is 6.54 Å². The number of aryl methyl sites for hydroxylation is 1. The Morgan fingerprint density at radius 3 is 2.77 bits per heavy atom. The lowest BCUT2D eigenvalue weighted by Gasteiger charge is -2.05. The van der Waals surface area contributed by atoms with E-state index in [0.717, 1.165) is 11.1 Å². The molecule has 3 nitrogen and oxygen atoms in total. The van der Waals surface area contributed by atoms with E-state index in [0.29, 0.717) is 12.1 Å². The number of hydrogen-bond donors (Lipinski definition) is 2. The average molecular weight is 179 g/mol. The highest BCUT2D eigenvalue weighted by Crippen LogP contribution is 2.10. The molecule has 1 rings (SSSR count). The van der Waals surface area contributed by atoms with Crippen LogP contribution in [0.15, 0.2) is 18.2 Å². The Morgan fingerprint density at radius 2 is 2.23 bits per heavy atom. The van der Waals surface area contributed by atoms with Crippen molar-refractivity contribution >= 4 is 5.97 Å². The highest BCUT2D eigenvalue weighted by molar-refractivity contribution is 5.87. The summed E-state index contributed by atoms with van der Waals surface area (Å²) in [6, 6.07) is 5.15. The average Bonchev–Trinajstić information content (AvgIpc) is 2.08. The van der Waals surface area contributed by atoms with Crippen molar-refractivity contribution in [1.29, 1.82) is 0 Å². The van der Waals surface area contributed by atoms with Crippen molar-refractivity contribution in [3.05, 3.63) is 34.9 Å². The molecule has 0 spiro atoms. The molecule has 13 heavy (non-hydrogen) atoms. The number of hydrogen-bond acceptors (Lipinski definition) is 2. The van der Waals surface area contributed by atoms with E-state index in [2.05, 4.69) is 5.32 Å². The summed E-state index contributed by atoms with van der Waals surface area (Å²) in [6.45, 7) is 2.67. The number of aromatic carboxylic acids is 1. The number of carboxylic acids is 1. The van der Waals surface area contributed by atoms with E-state index < -0.39 is 5.97 Å². The lowest BCUT2D eigenvalue weighted by molar-refractivity contribution is 0.0697. The van der Waals surface area contributed by atoms with Crippen LogP contribution in [0.4, 0.5) is 0 Å². The predicted molar refractivity (Wildman–Crippen MR) is 50.9 cm³/mol. The van der Waals surface area contributed by atoms with Crippen LogP contribution >= 0.6 is 0 Å². The summed E-state index contributed by atoms with van der Waals surface area (Å²) < 4.78 is 0. The second kappa shape index (κ2) is 4.05. The minimum absolute atomic E-state index is 0.343. The second-order valence-corrected chi connectivity index (χ2v) is 2.98. The normalized spacial score (nSPS) is 10.0. The Labute approximate surface area is 77.4 Å². The number of carbonyl (C=O) groups is 1. The van der Waals surface area contributed by atoms with Crippen LogP contribution in [0.2, 0.25) is 0 Å². The second-order valence-electron chi connectivity index (χ2n) is 2.98. The van der Waals surface area contributed by atoms with E-state index in [1.807, 2.05) is 20.0 Å². The topological polar surface area (TPSA) is 49.3 Å². The van der Waals surface area contributed by atoms with Gasteiger partial charge in [0.2, 0.25) is 0 Å². The van der Waals surface area contributed by atoms with Crippen molar-refractivity contribution in [2.24, 2.45) is 0 Å². The van der Waals surface area contributed by atoms with Gasteiger partial charge in [0.05, 0.1) is 5.56 Å². The molecule has 0 amide bonds. The summed E-state index contributed by atoms with van der Waals surface area (Å²) in [5.41, 5.74) is 2.48. The van der Waals surface area contributed by atoms with Crippen molar-refractivity contribution < 1.29 is 9.90 Å². The molecule has 0 saturated heterocycles. The van der Waals surface area contributed by atoms with Crippen molar-refractivity contribution in [3.8, 4) is 0 Å². The molecule has 70 valence electrons. The maximum atomic E-state index is 10.6. The fraction of sp³-hybridized carbons (Fsp3) is 0.300. The predicted octanol–water partition coefficient (Wildman–Crippen LogP) is 1.41. The van der Waals surface area contributed by atoms with Gasteiger partial charge in [0.25, 0.3) is 0 Å². The van der Waals surface area contributed by atoms with E-state index in [1.165, 1.54) is 0 Å². The first kappa shape index (κ1) is 9.74. The summed E-state index contributed by atoms with van der Waals surface area (Å²) in [7, 11) is 1.84. The van der Waals surface area contributed by atoms with Gasteiger partial charge in [-0.25, -0.2) is 4.79 Å². The molecule has 1 aromatic rings. The van der Waals surface area contributed by atoms with Gasteiger partial charge in [0.15, 0.2) is 0 Å². The minimum Gasteiger partial charge on any atom is -0.478 e. The van der Waals surface area contributed by atoms with Crippen LogP contribution in [0.3, 0.4) is 0 Å². The number of rotatable bonds is 3. The molecular formula is C10H13NO2. The fourth-order valence-electron chi connectivity index (χ4n) is 1.19. The Kier molecular flexibility index (Phi) is 3.03. The lowest BCUT2D eigenvalue weighted by atomic mass is 10.1. The largest absolute Gasteiger partial charge is 0.478 e. The van der Waals surface area contributed by atoms with Crippen LogP contribution < -0.4 is 5.32 Å². The van der Waals surface area contributed by atoms with Crippen LogP contribution in [0.25, 0.3) is 0 Å². The van der Waals surface area contributed by atoms with E-state index in [4.69, 9.17) is 5.11 Å². The molecule has 0 aromatic heterocycles. The van der Waals surface area contributed by atoms with Gasteiger partial charge < -0.3 is 10.4 Å². The van der Waals surface area contributed by atoms with Gasteiger partial charge in [-0.1, -0.05) is 6.07 Å². The maximum absolute atomic E-state index is 10.6. The zero-order chi connectivity index (χ0) is 9.84. The highest BCUT2D eigenvalue weighted by atomic mass is 16.4. The summed E-state index contributed by atoms with van der Waals surface area (Å²) in [6.07, 6.45) is 0. The monoisotopic (exact) mass is 179 g/mol. The molecule has 1 aromatic carbocycles. The third-order valence-electron chi connectivity index (χ3n) is 1.96. The van der Waals surface area contributed by atoms with Gasteiger partial charge in [-0.2, -0.15) is 0 Å². The molecule has 2 N–H and O–H groups in total. The summed E-state index contributed by atoms with van der Waals surface area (Å²) in [4.78, 5) is 10.6. The molecule has 0 fully saturated rings. The first-order valence-corrected chi connectivity index (χ1v) is 4.12. The van der Waals surface area contributed by atoms with E-state index >= 15 is 0 Å². The van der Waals surface area contributed by atoms with E-state index in [-0.39, 0.29) is 0 Å². The maximum Gasteiger partial charge on any atom is 0.335 e. The molecule has 0 aliphatic rings. The molecule has 0 heterocycles. The minimum atomic E-state index is -0.877. The Morgan fingerprint density at radius 1 is 1.54 bits per heavy atom. The number of benzene rings is 1. The first-order valence-electron chi connectivity index (χ1n) is 4.12. The molecule has 0 aliphatic carbocycles. The molecule has 0 atom stereocenters. The van der Waals surface area contributed by atoms with Crippen molar-refractivity contribution in [3.63, 3.8) is 0 Å². The molecule has 3 heteroatoms. The highest BCUT2D eigenvalue weighted by Gasteiger charge is 2.04. The first-order chi connectivity index (χ1) is 6.15. The molecule has 0 bridgehead atoms. The lowest BCUT2D eigenvalue weighted by Crippen LogP contribution is -2.08. The Balaban J connectivity index is 3.03. The van der Waals surface area contributed by atoms with E-state index in [1.54, 1.807) is 12.1 Å². The van der Waals surface area contributed by atoms with Gasteiger partial charge in [0.1, 0.15) is 0 Å². The molecular weight excluding hydrogens is 166 g/mol. The molecule has 0 saturated carbocycles. The van der Waals surface area contributed by atoms with E-state index in [9.17, 15) is 4.79 Å². The van der Waals surface area contributed by atoms with Crippen LogP contribution in [-0.4, -0.2) is 18.1 Å². The summed E-state index contributed by atoms with van der Waals surface area (Å²) >= 11 is 0. The van der Waals surface area contributed by atoms with Crippen molar-refractivity contribution in [1.82, 2.24) is 5.32 Å². The van der Waals surface area contributed by atoms with Gasteiger partial charge in [0, 0.05) is 6.54 Å². The van der Waals surface area contributed by atoms with Crippen molar-refractivity contribution in [2.45, 2.75) is 13.5 Å². The van der Waals surface area contributed by atoms with Crippen LogP contribution in [0.5, 0.6) is 0 Å². The zero-order valence-corrected chi connectivity index (χ0v) is 7.79. The fourth-order valence-corrected chi connectivity index (χ4v) is 1.19. The number of carboxylic acid groups (broad SMARTS) is 1. The molecule has 0 aliphatic heterocycles. The molecule has 0 unspecified atom stereocenters. The SMILES string of the molecule is CNCc1cc(C(=O)O)ccc1C. The van der Waals surface area contributed by atoms with Crippen LogP contribution in [0.1, 0.15) is 21.5 Å². The standard InChI is InChI=1S/C10H13NO2/c1-7-3-4-8(10(12)13)5-9(7)6-11-2/h3-5,11H,6H2,1-2H3,(H,12,13).